The van der Waals surface area contributed by atoms with Gasteiger partial charge in [-0.2, -0.15) is 0 Å². The van der Waals surface area contributed by atoms with Crippen molar-refractivity contribution in [1.29, 1.82) is 0 Å². The van der Waals surface area contributed by atoms with Crippen molar-refractivity contribution in [2.24, 2.45) is 23.2 Å². The van der Waals surface area contributed by atoms with Gasteiger partial charge >= 0.3 is 5.97 Å². The molecule has 5 atom stereocenters. The van der Waals surface area contributed by atoms with E-state index in [9.17, 15) is 4.79 Å². The SMILES string of the molecule is C[C@H]1CCC[C@]2(C)C[C@H]3OC(=O)[C@H](C[NH2+]Cc4ccccc4)[C@H]3C=C12. The normalized spacial score (nSPS) is 37.0. The molecule has 1 saturated carbocycles. The van der Waals surface area contributed by atoms with E-state index in [-0.39, 0.29) is 29.3 Å². The van der Waals surface area contributed by atoms with Crippen LogP contribution in [-0.2, 0) is 16.1 Å². The highest BCUT2D eigenvalue weighted by Crippen LogP contribution is 2.53. The van der Waals surface area contributed by atoms with Crippen LogP contribution in [0.25, 0.3) is 0 Å². The Bertz CT molecular complexity index is 668. The van der Waals surface area contributed by atoms with Crippen LogP contribution < -0.4 is 5.32 Å². The molecule has 0 spiro atoms. The van der Waals surface area contributed by atoms with Crippen LogP contribution in [0.2, 0.25) is 0 Å². The summed E-state index contributed by atoms with van der Waals surface area (Å²) in [6.45, 7) is 6.49. The first-order chi connectivity index (χ1) is 12.1. The van der Waals surface area contributed by atoms with E-state index in [4.69, 9.17) is 4.74 Å². The first kappa shape index (κ1) is 16.8. The van der Waals surface area contributed by atoms with Crippen molar-refractivity contribution in [1.82, 2.24) is 0 Å². The van der Waals surface area contributed by atoms with Gasteiger partial charge in [0, 0.05) is 11.5 Å². The van der Waals surface area contributed by atoms with Gasteiger partial charge in [-0.05, 0) is 30.6 Å². The van der Waals surface area contributed by atoms with Gasteiger partial charge in [0.05, 0.1) is 6.54 Å². The minimum absolute atomic E-state index is 0.0138. The lowest BCUT2D eigenvalue weighted by Gasteiger charge is -2.45. The molecule has 4 rings (SSSR count). The van der Waals surface area contributed by atoms with Gasteiger partial charge in [-0.25, -0.2) is 0 Å². The number of allylic oxidation sites excluding steroid dienone is 1. The van der Waals surface area contributed by atoms with Crippen LogP contribution in [0.1, 0.15) is 45.1 Å². The Balaban J connectivity index is 1.47. The van der Waals surface area contributed by atoms with Crippen molar-refractivity contribution in [2.75, 3.05) is 6.54 Å². The molecule has 2 N–H and O–H groups in total. The number of quaternary nitrogens is 1. The van der Waals surface area contributed by atoms with Crippen LogP contribution in [0.5, 0.6) is 0 Å². The number of ether oxygens (including phenoxy) is 1. The summed E-state index contributed by atoms with van der Waals surface area (Å²) in [6.07, 6.45) is 7.40. The Labute approximate surface area is 150 Å². The summed E-state index contributed by atoms with van der Waals surface area (Å²) in [5, 5.41) is 2.26. The lowest BCUT2D eigenvalue weighted by Crippen LogP contribution is -2.84. The van der Waals surface area contributed by atoms with E-state index >= 15 is 0 Å². The van der Waals surface area contributed by atoms with Crippen LogP contribution in [0.3, 0.4) is 0 Å². The van der Waals surface area contributed by atoms with Gasteiger partial charge in [-0.15, -0.1) is 0 Å². The molecule has 2 aliphatic carbocycles. The van der Waals surface area contributed by atoms with Gasteiger partial charge in [-0.3, -0.25) is 4.79 Å². The molecule has 1 heterocycles. The maximum atomic E-state index is 12.5. The molecule has 3 nitrogen and oxygen atoms in total. The molecule has 1 aromatic carbocycles. The van der Waals surface area contributed by atoms with Crippen LogP contribution in [0.15, 0.2) is 42.0 Å². The van der Waals surface area contributed by atoms with Gasteiger partial charge in [0.2, 0.25) is 0 Å². The molecule has 0 bridgehead atoms. The van der Waals surface area contributed by atoms with E-state index in [0.717, 1.165) is 19.5 Å². The predicted octanol–water partition coefficient (Wildman–Crippen LogP) is 3.06. The summed E-state index contributed by atoms with van der Waals surface area (Å²) in [4.78, 5) is 12.5. The van der Waals surface area contributed by atoms with Crippen LogP contribution in [0.4, 0.5) is 0 Å². The van der Waals surface area contributed by atoms with Crippen molar-refractivity contribution in [3.8, 4) is 0 Å². The monoisotopic (exact) mass is 340 g/mol. The summed E-state index contributed by atoms with van der Waals surface area (Å²) < 4.78 is 5.83. The number of hydrogen-bond acceptors (Lipinski definition) is 2. The van der Waals surface area contributed by atoms with Gasteiger partial charge in [-0.1, -0.05) is 62.2 Å². The van der Waals surface area contributed by atoms with E-state index in [2.05, 4.69) is 49.5 Å². The molecule has 3 heteroatoms. The number of hydrogen-bond donors (Lipinski definition) is 1. The number of carbonyl (C=O) groups excluding carboxylic acids is 1. The fourth-order valence-electron chi connectivity index (χ4n) is 5.36. The lowest BCUT2D eigenvalue weighted by molar-refractivity contribution is -0.674. The van der Waals surface area contributed by atoms with Crippen LogP contribution in [-0.4, -0.2) is 18.6 Å². The highest BCUT2D eigenvalue weighted by Gasteiger charge is 2.52. The molecule has 134 valence electrons. The fraction of sp³-hybridized carbons (Fsp3) is 0.591. The number of rotatable bonds is 4. The molecule has 0 amide bonds. The molecule has 0 unspecified atom stereocenters. The zero-order valence-corrected chi connectivity index (χ0v) is 15.4. The molecule has 1 aromatic rings. The van der Waals surface area contributed by atoms with E-state index < -0.39 is 0 Å². The second-order valence-corrected chi connectivity index (χ2v) is 8.55. The second kappa shape index (κ2) is 6.60. The van der Waals surface area contributed by atoms with Gasteiger partial charge in [0.1, 0.15) is 18.6 Å². The number of esters is 1. The number of carbonyl (C=O) groups is 1. The van der Waals surface area contributed by atoms with Crippen molar-refractivity contribution >= 4 is 5.97 Å². The molecule has 25 heavy (non-hydrogen) atoms. The molecule has 1 aliphatic heterocycles. The summed E-state index contributed by atoms with van der Waals surface area (Å²) in [5.41, 5.74) is 3.16. The van der Waals surface area contributed by atoms with E-state index in [1.165, 1.54) is 24.8 Å². The van der Waals surface area contributed by atoms with Gasteiger partial charge in [0.15, 0.2) is 0 Å². The highest BCUT2D eigenvalue weighted by molar-refractivity contribution is 5.76. The van der Waals surface area contributed by atoms with Crippen molar-refractivity contribution < 1.29 is 14.8 Å². The standard InChI is InChI=1S/C22H29NO2/c1-15-7-6-10-22(2)12-20-17(11-19(15)22)18(21(24)25-20)14-23-13-16-8-4-3-5-9-16/h3-5,8-9,11,15,17-18,20,23H,6-7,10,12-14H2,1-2H3/p+1/t15-,17+,18+,20+,22+/m0/s1. The summed E-state index contributed by atoms with van der Waals surface area (Å²) in [5.74, 6) is 0.971. The minimum atomic E-state index is 0.0138. The van der Waals surface area contributed by atoms with Crippen LogP contribution >= 0.6 is 0 Å². The Morgan fingerprint density at radius 2 is 2.08 bits per heavy atom. The Morgan fingerprint density at radius 1 is 1.28 bits per heavy atom. The summed E-state index contributed by atoms with van der Waals surface area (Å²) in [7, 11) is 0. The molecular weight excluding hydrogens is 310 g/mol. The third-order valence-corrected chi connectivity index (χ3v) is 6.72. The summed E-state index contributed by atoms with van der Waals surface area (Å²) >= 11 is 0. The third kappa shape index (κ3) is 3.15. The van der Waals surface area contributed by atoms with E-state index in [0.29, 0.717) is 5.92 Å². The average Bonchev–Trinajstić information content (AvgIpc) is 2.88. The van der Waals surface area contributed by atoms with E-state index in [1.807, 2.05) is 6.07 Å². The molecule has 1 saturated heterocycles. The highest BCUT2D eigenvalue weighted by atomic mass is 16.6. The van der Waals surface area contributed by atoms with Gasteiger partial charge in [0.25, 0.3) is 0 Å². The number of nitrogens with two attached hydrogens (primary N) is 1. The molecule has 0 aromatic heterocycles. The predicted molar refractivity (Wildman–Crippen MR) is 97.6 cm³/mol. The number of fused-ring (bicyclic) bond motifs is 2. The molecule has 3 aliphatic rings. The quantitative estimate of drug-likeness (QED) is 0.676. The maximum absolute atomic E-state index is 12.5. The van der Waals surface area contributed by atoms with Crippen molar-refractivity contribution in [3.05, 3.63) is 47.5 Å². The molecule has 2 fully saturated rings. The first-order valence-electron chi connectivity index (χ1n) is 9.85. The van der Waals surface area contributed by atoms with Crippen LogP contribution in [0, 0.1) is 23.2 Å². The average molecular weight is 340 g/mol. The zero-order valence-electron chi connectivity index (χ0n) is 15.4. The zero-order chi connectivity index (χ0) is 17.4. The second-order valence-electron chi connectivity index (χ2n) is 8.55. The smallest absolute Gasteiger partial charge is 0.315 e. The Morgan fingerprint density at radius 3 is 2.88 bits per heavy atom. The Hall–Kier alpha value is -1.61. The largest absolute Gasteiger partial charge is 0.461 e. The minimum Gasteiger partial charge on any atom is -0.461 e. The Kier molecular flexibility index (Phi) is 4.45. The molecule has 0 radical (unpaired) electrons. The summed E-state index contributed by atoms with van der Waals surface area (Å²) in [6, 6.07) is 10.5. The number of benzene rings is 1. The molecular formula is C22H30NO2+. The van der Waals surface area contributed by atoms with E-state index in [1.54, 1.807) is 5.57 Å². The van der Waals surface area contributed by atoms with Crippen molar-refractivity contribution in [2.45, 2.75) is 52.2 Å². The fourth-order valence-corrected chi connectivity index (χ4v) is 5.36. The first-order valence-corrected chi connectivity index (χ1v) is 9.85. The topological polar surface area (TPSA) is 42.9 Å². The van der Waals surface area contributed by atoms with Gasteiger partial charge < -0.3 is 10.1 Å². The third-order valence-electron chi connectivity index (χ3n) is 6.72. The maximum Gasteiger partial charge on any atom is 0.315 e. The van der Waals surface area contributed by atoms with Crippen molar-refractivity contribution in [3.63, 3.8) is 0 Å². The lowest BCUT2D eigenvalue weighted by atomic mass is 9.59.